The van der Waals surface area contributed by atoms with Gasteiger partial charge in [0.2, 0.25) is 5.88 Å². The molecule has 0 radical (unpaired) electrons. The van der Waals surface area contributed by atoms with E-state index < -0.39 is 0 Å². The summed E-state index contributed by atoms with van der Waals surface area (Å²) in [6, 6.07) is 7.85. The Bertz CT molecular complexity index is 584. The molecule has 0 unspecified atom stereocenters. The number of nitrogens with zero attached hydrogens (tertiary/aromatic N) is 2. The first kappa shape index (κ1) is 13.8. The largest absolute Gasteiger partial charge is 0.439 e. The SMILES string of the molecule is CCCc1nc(Cl)c(C)c(Oc2cccc(C)c2)n1. The number of hydrogen-bond donors (Lipinski definition) is 0. The van der Waals surface area contributed by atoms with E-state index in [4.69, 9.17) is 16.3 Å². The molecular formula is C15H17ClN2O. The lowest BCUT2D eigenvalue weighted by molar-refractivity contribution is 0.453. The number of aromatic nitrogens is 2. The standard InChI is InChI=1S/C15H17ClN2O/c1-4-6-13-17-14(16)11(3)15(18-13)19-12-8-5-7-10(2)9-12/h5,7-9H,4,6H2,1-3H3. The molecule has 0 atom stereocenters. The molecule has 4 heteroatoms. The van der Waals surface area contributed by atoms with Gasteiger partial charge in [-0.25, -0.2) is 4.98 Å². The summed E-state index contributed by atoms with van der Waals surface area (Å²) >= 11 is 6.12. The topological polar surface area (TPSA) is 35.0 Å². The molecule has 0 aliphatic rings. The van der Waals surface area contributed by atoms with Gasteiger partial charge in [-0.2, -0.15) is 4.98 Å². The minimum atomic E-state index is 0.459. The number of halogens is 1. The Morgan fingerprint density at radius 2 is 2.00 bits per heavy atom. The van der Waals surface area contributed by atoms with Crippen LogP contribution in [0, 0.1) is 13.8 Å². The Labute approximate surface area is 118 Å². The molecule has 0 spiro atoms. The van der Waals surface area contributed by atoms with Crippen LogP contribution in [0.2, 0.25) is 5.15 Å². The third-order valence-electron chi connectivity index (χ3n) is 2.77. The van der Waals surface area contributed by atoms with Gasteiger partial charge in [-0.1, -0.05) is 30.7 Å². The molecule has 1 aromatic carbocycles. The number of rotatable bonds is 4. The highest BCUT2D eigenvalue weighted by Gasteiger charge is 2.11. The Morgan fingerprint density at radius 1 is 1.21 bits per heavy atom. The van der Waals surface area contributed by atoms with Gasteiger partial charge in [-0.05, 0) is 38.0 Å². The summed E-state index contributed by atoms with van der Waals surface area (Å²) in [6.07, 6.45) is 1.77. The fourth-order valence-corrected chi connectivity index (χ4v) is 1.92. The number of ether oxygens (including phenoxy) is 1. The quantitative estimate of drug-likeness (QED) is 0.772. The zero-order valence-electron chi connectivity index (χ0n) is 11.4. The molecule has 3 nitrogen and oxygen atoms in total. The van der Waals surface area contributed by atoms with E-state index >= 15 is 0 Å². The maximum Gasteiger partial charge on any atom is 0.226 e. The molecule has 1 aromatic heterocycles. The Kier molecular flexibility index (Phi) is 4.38. The third kappa shape index (κ3) is 3.44. The van der Waals surface area contributed by atoms with Crippen molar-refractivity contribution in [3.05, 3.63) is 46.4 Å². The van der Waals surface area contributed by atoms with E-state index in [-0.39, 0.29) is 0 Å². The van der Waals surface area contributed by atoms with Crippen LogP contribution in [0.4, 0.5) is 0 Å². The molecule has 0 N–H and O–H groups in total. The van der Waals surface area contributed by atoms with E-state index in [0.29, 0.717) is 11.0 Å². The number of hydrogen-bond acceptors (Lipinski definition) is 3. The maximum atomic E-state index is 6.12. The molecule has 100 valence electrons. The van der Waals surface area contributed by atoms with Crippen LogP contribution in [0.5, 0.6) is 11.6 Å². The van der Waals surface area contributed by atoms with E-state index in [1.54, 1.807) is 0 Å². The van der Waals surface area contributed by atoms with Gasteiger partial charge in [0, 0.05) is 12.0 Å². The van der Waals surface area contributed by atoms with E-state index in [0.717, 1.165) is 35.5 Å². The van der Waals surface area contributed by atoms with E-state index in [2.05, 4.69) is 16.9 Å². The van der Waals surface area contributed by atoms with Crippen molar-refractivity contribution >= 4 is 11.6 Å². The van der Waals surface area contributed by atoms with Gasteiger partial charge in [0.25, 0.3) is 0 Å². The first-order valence-corrected chi connectivity index (χ1v) is 6.75. The Balaban J connectivity index is 2.33. The summed E-state index contributed by atoms with van der Waals surface area (Å²) in [7, 11) is 0. The average Bonchev–Trinajstić information content (AvgIpc) is 2.36. The maximum absolute atomic E-state index is 6.12. The van der Waals surface area contributed by atoms with Gasteiger partial charge < -0.3 is 4.74 Å². The lowest BCUT2D eigenvalue weighted by Gasteiger charge is -2.10. The number of benzene rings is 1. The summed E-state index contributed by atoms with van der Waals surface area (Å²) < 4.78 is 5.82. The normalized spacial score (nSPS) is 10.5. The fraction of sp³-hybridized carbons (Fsp3) is 0.333. The van der Waals surface area contributed by atoms with Crippen LogP contribution in [0.15, 0.2) is 24.3 Å². The third-order valence-corrected chi connectivity index (χ3v) is 3.13. The average molecular weight is 277 g/mol. The van der Waals surface area contributed by atoms with Crippen LogP contribution >= 0.6 is 11.6 Å². The van der Waals surface area contributed by atoms with Gasteiger partial charge in [0.1, 0.15) is 16.7 Å². The van der Waals surface area contributed by atoms with Crippen LogP contribution < -0.4 is 4.74 Å². The van der Waals surface area contributed by atoms with E-state index in [9.17, 15) is 0 Å². The van der Waals surface area contributed by atoms with Crippen LogP contribution in [-0.4, -0.2) is 9.97 Å². The molecule has 0 aliphatic heterocycles. The lowest BCUT2D eigenvalue weighted by atomic mass is 10.2. The second-order valence-corrected chi connectivity index (χ2v) is 4.89. The molecule has 2 aromatic rings. The van der Waals surface area contributed by atoms with Crippen molar-refractivity contribution in [1.82, 2.24) is 9.97 Å². The van der Waals surface area contributed by atoms with Gasteiger partial charge in [-0.3, -0.25) is 0 Å². The van der Waals surface area contributed by atoms with Gasteiger partial charge in [0.05, 0.1) is 0 Å². The monoisotopic (exact) mass is 276 g/mol. The molecule has 0 aliphatic carbocycles. The van der Waals surface area contributed by atoms with Gasteiger partial charge in [-0.15, -0.1) is 0 Å². The van der Waals surface area contributed by atoms with Gasteiger partial charge in [0.15, 0.2) is 0 Å². The molecule has 0 saturated heterocycles. The molecule has 0 amide bonds. The predicted molar refractivity (Wildman–Crippen MR) is 77.0 cm³/mol. The highest BCUT2D eigenvalue weighted by atomic mass is 35.5. The van der Waals surface area contributed by atoms with E-state index in [1.807, 2.05) is 38.1 Å². The zero-order valence-corrected chi connectivity index (χ0v) is 12.2. The highest BCUT2D eigenvalue weighted by Crippen LogP contribution is 2.27. The molecule has 2 rings (SSSR count). The van der Waals surface area contributed by atoms with Crippen molar-refractivity contribution in [1.29, 1.82) is 0 Å². The van der Waals surface area contributed by atoms with Crippen LogP contribution in [0.3, 0.4) is 0 Å². The summed E-state index contributed by atoms with van der Waals surface area (Å²) in [5.41, 5.74) is 1.91. The summed E-state index contributed by atoms with van der Waals surface area (Å²) in [4.78, 5) is 8.69. The van der Waals surface area contributed by atoms with Gasteiger partial charge >= 0.3 is 0 Å². The Morgan fingerprint density at radius 3 is 2.68 bits per heavy atom. The lowest BCUT2D eigenvalue weighted by Crippen LogP contribution is -2.01. The summed E-state index contributed by atoms with van der Waals surface area (Å²) in [5.74, 6) is 2.02. The molecular weight excluding hydrogens is 260 g/mol. The smallest absolute Gasteiger partial charge is 0.226 e. The molecule has 0 saturated carbocycles. The minimum Gasteiger partial charge on any atom is -0.439 e. The van der Waals surface area contributed by atoms with Crippen LogP contribution in [-0.2, 0) is 6.42 Å². The fourth-order valence-electron chi connectivity index (χ4n) is 1.74. The van der Waals surface area contributed by atoms with E-state index in [1.165, 1.54) is 0 Å². The van der Waals surface area contributed by atoms with Crippen molar-refractivity contribution in [3.63, 3.8) is 0 Å². The number of aryl methyl sites for hydroxylation is 2. The van der Waals surface area contributed by atoms with Crippen molar-refractivity contribution in [2.75, 3.05) is 0 Å². The van der Waals surface area contributed by atoms with Crippen molar-refractivity contribution < 1.29 is 4.74 Å². The van der Waals surface area contributed by atoms with Crippen LogP contribution in [0.25, 0.3) is 0 Å². The molecule has 0 bridgehead atoms. The Hall–Kier alpha value is -1.61. The minimum absolute atomic E-state index is 0.459. The van der Waals surface area contributed by atoms with Crippen molar-refractivity contribution in [2.24, 2.45) is 0 Å². The van der Waals surface area contributed by atoms with Crippen molar-refractivity contribution in [2.45, 2.75) is 33.6 Å². The first-order chi connectivity index (χ1) is 9.10. The second kappa shape index (κ2) is 6.02. The predicted octanol–water partition coefficient (Wildman–Crippen LogP) is 4.49. The first-order valence-electron chi connectivity index (χ1n) is 6.37. The van der Waals surface area contributed by atoms with Crippen LogP contribution in [0.1, 0.15) is 30.3 Å². The zero-order chi connectivity index (χ0) is 13.8. The summed E-state index contributed by atoms with van der Waals surface area (Å²) in [6.45, 7) is 5.97. The second-order valence-electron chi connectivity index (χ2n) is 4.53. The molecule has 0 fully saturated rings. The summed E-state index contributed by atoms with van der Waals surface area (Å²) in [5, 5.41) is 0.459. The highest BCUT2D eigenvalue weighted by molar-refractivity contribution is 6.30. The van der Waals surface area contributed by atoms with Crippen molar-refractivity contribution in [3.8, 4) is 11.6 Å². The molecule has 1 heterocycles. The molecule has 19 heavy (non-hydrogen) atoms.